The fourth-order valence-corrected chi connectivity index (χ4v) is 2.63. The molecule has 1 fully saturated rings. The lowest BCUT2D eigenvalue weighted by atomic mass is 10.1. The van der Waals surface area contributed by atoms with Crippen LogP contribution in [0, 0.1) is 0 Å². The van der Waals surface area contributed by atoms with Crippen molar-refractivity contribution < 1.29 is 19.7 Å². The maximum atomic E-state index is 10.3. The molecular formula is C13H20N6O4. The van der Waals surface area contributed by atoms with Crippen molar-refractivity contribution in [1.29, 1.82) is 0 Å². The number of anilines is 1. The standard InChI is InChI=1S/C13H20N6O4/c14-2-1-3-22-10-9(21)7(4-20)23-13(10)19-6-18-8-11(15)16-5-17-12(8)19/h5-7,9-10,13,20-21H,1-4,14H2,(H2,15,16,17)/t7-,9?,10+,13-/m1/s1. The maximum absolute atomic E-state index is 10.3. The van der Waals surface area contributed by atoms with E-state index in [2.05, 4.69) is 15.0 Å². The van der Waals surface area contributed by atoms with Gasteiger partial charge in [-0.3, -0.25) is 4.57 Å². The Kier molecular flexibility index (Phi) is 4.68. The summed E-state index contributed by atoms with van der Waals surface area (Å²) in [5, 5.41) is 19.7. The topological polar surface area (TPSA) is 155 Å². The monoisotopic (exact) mass is 324 g/mol. The largest absolute Gasteiger partial charge is 0.394 e. The molecule has 0 saturated carbocycles. The molecule has 1 saturated heterocycles. The number of aliphatic hydroxyl groups is 2. The Morgan fingerprint density at radius 3 is 2.91 bits per heavy atom. The van der Waals surface area contributed by atoms with Gasteiger partial charge in [0.25, 0.3) is 0 Å². The van der Waals surface area contributed by atoms with Gasteiger partial charge in [0, 0.05) is 6.61 Å². The highest BCUT2D eigenvalue weighted by atomic mass is 16.6. The van der Waals surface area contributed by atoms with Gasteiger partial charge in [-0.15, -0.1) is 0 Å². The third-order valence-electron chi connectivity index (χ3n) is 3.81. The van der Waals surface area contributed by atoms with Crippen molar-refractivity contribution >= 4 is 17.0 Å². The second-order valence-electron chi connectivity index (χ2n) is 5.30. The molecule has 3 heterocycles. The van der Waals surface area contributed by atoms with Gasteiger partial charge in [-0.05, 0) is 13.0 Å². The molecule has 6 N–H and O–H groups in total. The van der Waals surface area contributed by atoms with Gasteiger partial charge in [0.15, 0.2) is 17.7 Å². The van der Waals surface area contributed by atoms with Gasteiger partial charge in [0.1, 0.15) is 30.2 Å². The summed E-state index contributed by atoms with van der Waals surface area (Å²) in [6.45, 7) is 0.535. The number of nitrogens with two attached hydrogens (primary N) is 2. The van der Waals surface area contributed by atoms with E-state index in [1.807, 2.05) is 0 Å². The van der Waals surface area contributed by atoms with Crippen molar-refractivity contribution in [2.24, 2.45) is 5.73 Å². The summed E-state index contributed by atoms with van der Waals surface area (Å²) < 4.78 is 13.1. The predicted molar refractivity (Wildman–Crippen MR) is 80.1 cm³/mol. The van der Waals surface area contributed by atoms with Gasteiger partial charge in [0.2, 0.25) is 0 Å². The van der Waals surface area contributed by atoms with Crippen LogP contribution in [0.1, 0.15) is 12.6 Å². The number of fused-ring (bicyclic) bond motifs is 1. The molecule has 0 radical (unpaired) electrons. The number of hydrogen-bond donors (Lipinski definition) is 4. The van der Waals surface area contributed by atoms with Crippen LogP contribution in [0.15, 0.2) is 12.7 Å². The Morgan fingerprint density at radius 1 is 1.35 bits per heavy atom. The van der Waals surface area contributed by atoms with Crippen LogP contribution in [-0.4, -0.2) is 67.8 Å². The van der Waals surface area contributed by atoms with E-state index in [9.17, 15) is 10.2 Å². The van der Waals surface area contributed by atoms with E-state index in [0.717, 1.165) is 0 Å². The molecular weight excluding hydrogens is 304 g/mol. The summed E-state index contributed by atoms with van der Waals surface area (Å²) in [6.07, 6.45) is 0.409. The van der Waals surface area contributed by atoms with E-state index in [4.69, 9.17) is 20.9 Å². The quantitative estimate of drug-likeness (QED) is 0.459. The lowest BCUT2D eigenvalue weighted by Crippen LogP contribution is -2.36. The Morgan fingerprint density at radius 2 is 2.17 bits per heavy atom. The number of rotatable bonds is 6. The highest BCUT2D eigenvalue weighted by molar-refractivity contribution is 5.81. The molecule has 10 nitrogen and oxygen atoms in total. The van der Waals surface area contributed by atoms with Gasteiger partial charge < -0.3 is 31.2 Å². The second-order valence-corrected chi connectivity index (χ2v) is 5.30. The Labute approximate surface area is 132 Å². The molecule has 0 bridgehead atoms. The highest BCUT2D eigenvalue weighted by Crippen LogP contribution is 2.33. The van der Waals surface area contributed by atoms with E-state index in [1.165, 1.54) is 12.7 Å². The molecule has 23 heavy (non-hydrogen) atoms. The second kappa shape index (κ2) is 6.72. The Hall–Kier alpha value is -1.85. The number of nitrogens with zero attached hydrogens (tertiary/aromatic N) is 4. The summed E-state index contributed by atoms with van der Waals surface area (Å²) >= 11 is 0. The Balaban J connectivity index is 1.92. The van der Waals surface area contributed by atoms with Gasteiger partial charge in [-0.1, -0.05) is 0 Å². The molecule has 10 heteroatoms. The minimum Gasteiger partial charge on any atom is -0.394 e. The lowest BCUT2D eigenvalue weighted by Gasteiger charge is -2.22. The highest BCUT2D eigenvalue weighted by Gasteiger charge is 2.45. The van der Waals surface area contributed by atoms with E-state index in [-0.39, 0.29) is 12.4 Å². The minimum atomic E-state index is -0.973. The number of nitrogen functional groups attached to an aromatic ring is 1. The van der Waals surface area contributed by atoms with Crippen LogP contribution in [0.5, 0.6) is 0 Å². The number of imidazole rings is 1. The van der Waals surface area contributed by atoms with Crippen molar-refractivity contribution in [3.63, 3.8) is 0 Å². The normalized spacial score (nSPS) is 27.8. The van der Waals surface area contributed by atoms with Crippen LogP contribution in [0.2, 0.25) is 0 Å². The van der Waals surface area contributed by atoms with Crippen LogP contribution in [0.3, 0.4) is 0 Å². The maximum Gasteiger partial charge on any atom is 0.167 e. The van der Waals surface area contributed by atoms with Crippen molar-refractivity contribution in [1.82, 2.24) is 19.5 Å². The molecule has 1 aliphatic heterocycles. The van der Waals surface area contributed by atoms with Crippen LogP contribution in [0.4, 0.5) is 5.82 Å². The molecule has 126 valence electrons. The van der Waals surface area contributed by atoms with Gasteiger partial charge in [0.05, 0.1) is 12.9 Å². The summed E-state index contributed by atoms with van der Waals surface area (Å²) in [5.74, 6) is 0.256. The first-order valence-corrected chi connectivity index (χ1v) is 7.36. The number of ether oxygens (including phenoxy) is 2. The number of aliphatic hydroxyl groups excluding tert-OH is 2. The van der Waals surface area contributed by atoms with Crippen LogP contribution in [-0.2, 0) is 9.47 Å². The molecule has 3 rings (SSSR count). The van der Waals surface area contributed by atoms with E-state index in [0.29, 0.717) is 30.7 Å². The average molecular weight is 324 g/mol. The zero-order valence-electron chi connectivity index (χ0n) is 12.4. The molecule has 1 unspecified atom stereocenters. The smallest absolute Gasteiger partial charge is 0.167 e. The SMILES string of the molecule is NCCCO[C@H]1C(O)[C@@H](CO)O[C@H]1n1cnc2c(N)ncnc21. The number of hydrogen-bond acceptors (Lipinski definition) is 9. The lowest BCUT2D eigenvalue weighted by molar-refractivity contribution is -0.0705. The molecule has 2 aromatic rings. The van der Waals surface area contributed by atoms with Gasteiger partial charge in [-0.25, -0.2) is 15.0 Å². The first kappa shape index (κ1) is 16.0. The van der Waals surface area contributed by atoms with Gasteiger partial charge in [-0.2, -0.15) is 0 Å². The summed E-state index contributed by atoms with van der Waals surface area (Å²) in [6, 6.07) is 0. The first-order valence-electron chi connectivity index (χ1n) is 7.36. The molecule has 0 spiro atoms. The minimum absolute atomic E-state index is 0.256. The third-order valence-corrected chi connectivity index (χ3v) is 3.81. The molecule has 4 atom stereocenters. The molecule has 2 aromatic heterocycles. The fraction of sp³-hybridized carbons (Fsp3) is 0.615. The Bertz CT molecular complexity index is 665. The number of aromatic nitrogens is 4. The van der Waals surface area contributed by atoms with Crippen LogP contribution >= 0.6 is 0 Å². The zero-order chi connectivity index (χ0) is 16.4. The first-order chi connectivity index (χ1) is 11.2. The van der Waals surface area contributed by atoms with E-state index >= 15 is 0 Å². The summed E-state index contributed by atoms with van der Waals surface area (Å²) in [7, 11) is 0. The van der Waals surface area contributed by atoms with Crippen molar-refractivity contribution in [2.45, 2.75) is 31.0 Å². The van der Waals surface area contributed by atoms with Crippen LogP contribution in [0.25, 0.3) is 11.2 Å². The fourth-order valence-electron chi connectivity index (χ4n) is 2.63. The molecule has 1 aliphatic rings. The third kappa shape index (κ3) is 2.86. The average Bonchev–Trinajstić information content (AvgIpc) is 3.10. The summed E-state index contributed by atoms with van der Waals surface area (Å²) in [5.41, 5.74) is 12.2. The van der Waals surface area contributed by atoms with E-state index in [1.54, 1.807) is 4.57 Å². The van der Waals surface area contributed by atoms with E-state index < -0.39 is 24.5 Å². The summed E-state index contributed by atoms with van der Waals surface area (Å²) in [4.78, 5) is 12.2. The van der Waals surface area contributed by atoms with Crippen molar-refractivity contribution in [3.8, 4) is 0 Å². The van der Waals surface area contributed by atoms with Crippen molar-refractivity contribution in [2.75, 3.05) is 25.5 Å². The predicted octanol–water partition coefficient (Wildman–Crippen LogP) is -1.61. The molecule has 0 aliphatic carbocycles. The van der Waals surface area contributed by atoms with Crippen molar-refractivity contribution in [3.05, 3.63) is 12.7 Å². The molecule has 0 amide bonds. The van der Waals surface area contributed by atoms with Gasteiger partial charge >= 0.3 is 0 Å². The zero-order valence-corrected chi connectivity index (χ0v) is 12.4. The molecule has 0 aromatic carbocycles. The van der Waals surface area contributed by atoms with Crippen LogP contribution < -0.4 is 11.5 Å².